The van der Waals surface area contributed by atoms with Gasteiger partial charge in [0, 0.05) is 23.4 Å². The minimum atomic E-state index is -0.364. The first kappa shape index (κ1) is 20.3. The molecule has 0 bridgehead atoms. The SMILES string of the molecule is Cc1ccc(C(=O)c2ccccc2C(=O)Nc2ccn(Cc3ccccc3C)n2)cc1. The highest BCUT2D eigenvalue weighted by Crippen LogP contribution is 2.17. The van der Waals surface area contributed by atoms with Crippen LogP contribution in [0.2, 0.25) is 0 Å². The molecular weight excluding hydrogens is 386 g/mol. The summed E-state index contributed by atoms with van der Waals surface area (Å²) in [7, 11) is 0. The predicted octanol–water partition coefficient (Wildman–Crippen LogP) is 5.03. The molecule has 1 amide bonds. The van der Waals surface area contributed by atoms with Crippen LogP contribution in [0, 0.1) is 13.8 Å². The Balaban J connectivity index is 1.52. The molecule has 0 saturated heterocycles. The Hall–Kier alpha value is -3.99. The van der Waals surface area contributed by atoms with Gasteiger partial charge in [-0.05, 0) is 31.0 Å². The van der Waals surface area contributed by atoms with E-state index in [0.29, 0.717) is 29.1 Å². The van der Waals surface area contributed by atoms with Crippen molar-refractivity contribution in [3.8, 4) is 0 Å². The molecule has 4 rings (SSSR count). The van der Waals surface area contributed by atoms with Crippen LogP contribution >= 0.6 is 0 Å². The van der Waals surface area contributed by atoms with E-state index in [2.05, 4.69) is 29.5 Å². The number of rotatable bonds is 6. The van der Waals surface area contributed by atoms with E-state index in [1.807, 2.05) is 37.4 Å². The standard InChI is InChI=1S/C26H23N3O2/c1-18-11-13-20(14-12-18)25(30)22-9-5-6-10-23(22)26(31)27-24-15-16-29(28-24)17-21-8-4-3-7-19(21)2/h3-16H,17H2,1-2H3,(H,27,28,31). The van der Waals surface area contributed by atoms with Gasteiger partial charge >= 0.3 is 0 Å². The van der Waals surface area contributed by atoms with Crippen molar-refractivity contribution >= 4 is 17.5 Å². The molecule has 0 aliphatic rings. The van der Waals surface area contributed by atoms with Crippen molar-refractivity contribution in [1.29, 1.82) is 0 Å². The third-order valence-electron chi connectivity index (χ3n) is 5.21. The fraction of sp³-hybridized carbons (Fsp3) is 0.115. The van der Waals surface area contributed by atoms with Gasteiger partial charge in [-0.15, -0.1) is 0 Å². The number of ketones is 1. The summed E-state index contributed by atoms with van der Waals surface area (Å²) in [5.41, 5.74) is 4.66. The van der Waals surface area contributed by atoms with Crippen LogP contribution in [0.15, 0.2) is 85.1 Å². The lowest BCUT2D eigenvalue weighted by molar-refractivity contribution is 0.0996. The van der Waals surface area contributed by atoms with Crippen molar-refractivity contribution in [2.75, 3.05) is 5.32 Å². The van der Waals surface area contributed by atoms with Crippen LogP contribution in [-0.4, -0.2) is 21.5 Å². The number of nitrogens with zero attached hydrogens (tertiary/aromatic N) is 2. The van der Waals surface area contributed by atoms with Crippen LogP contribution in [0.1, 0.15) is 43.0 Å². The maximum absolute atomic E-state index is 13.0. The van der Waals surface area contributed by atoms with Gasteiger partial charge in [0.15, 0.2) is 11.6 Å². The molecule has 5 heteroatoms. The van der Waals surface area contributed by atoms with Crippen molar-refractivity contribution < 1.29 is 9.59 Å². The summed E-state index contributed by atoms with van der Waals surface area (Å²) in [6, 6.07) is 24.0. The molecular formula is C26H23N3O2. The molecule has 0 fully saturated rings. The molecule has 0 saturated carbocycles. The highest BCUT2D eigenvalue weighted by Gasteiger charge is 2.18. The molecule has 1 N–H and O–H groups in total. The molecule has 1 heterocycles. The first-order valence-electron chi connectivity index (χ1n) is 10.1. The maximum Gasteiger partial charge on any atom is 0.257 e. The Morgan fingerprint density at radius 2 is 1.52 bits per heavy atom. The largest absolute Gasteiger partial charge is 0.305 e. The molecule has 0 aliphatic heterocycles. The van der Waals surface area contributed by atoms with Gasteiger partial charge in [-0.2, -0.15) is 5.10 Å². The summed E-state index contributed by atoms with van der Waals surface area (Å²) in [5.74, 6) is -0.107. The maximum atomic E-state index is 13.0. The third-order valence-corrected chi connectivity index (χ3v) is 5.21. The first-order chi connectivity index (χ1) is 15.0. The van der Waals surface area contributed by atoms with Crippen LogP contribution in [-0.2, 0) is 6.54 Å². The summed E-state index contributed by atoms with van der Waals surface area (Å²) < 4.78 is 1.78. The summed E-state index contributed by atoms with van der Waals surface area (Å²) in [5, 5.41) is 7.27. The number of hydrogen-bond donors (Lipinski definition) is 1. The Morgan fingerprint density at radius 1 is 0.839 bits per heavy atom. The highest BCUT2D eigenvalue weighted by atomic mass is 16.2. The molecule has 4 aromatic rings. The zero-order valence-electron chi connectivity index (χ0n) is 17.5. The molecule has 0 unspecified atom stereocenters. The highest BCUT2D eigenvalue weighted by molar-refractivity contribution is 6.17. The number of carbonyl (C=O) groups is 2. The molecule has 31 heavy (non-hydrogen) atoms. The molecule has 1 aromatic heterocycles. The zero-order valence-corrected chi connectivity index (χ0v) is 17.5. The average Bonchev–Trinajstić information content (AvgIpc) is 3.22. The van der Waals surface area contributed by atoms with Crippen molar-refractivity contribution in [2.24, 2.45) is 0 Å². The van der Waals surface area contributed by atoms with E-state index in [1.54, 1.807) is 47.1 Å². The fourth-order valence-electron chi connectivity index (χ4n) is 3.40. The topological polar surface area (TPSA) is 64.0 Å². The van der Waals surface area contributed by atoms with Crippen molar-refractivity contribution in [1.82, 2.24) is 9.78 Å². The predicted molar refractivity (Wildman–Crippen MR) is 122 cm³/mol. The number of amides is 1. The smallest absolute Gasteiger partial charge is 0.257 e. The summed E-state index contributed by atoms with van der Waals surface area (Å²) in [6.07, 6.45) is 1.82. The van der Waals surface area contributed by atoms with Crippen molar-refractivity contribution in [2.45, 2.75) is 20.4 Å². The molecule has 5 nitrogen and oxygen atoms in total. The van der Waals surface area contributed by atoms with E-state index in [1.165, 1.54) is 5.56 Å². The van der Waals surface area contributed by atoms with Crippen molar-refractivity contribution in [3.63, 3.8) is 0 Å². The van der Waals surface area contributed by atoms with Gasteiger partial charge in [0.05, 0.1) is 12.1 Å². The first-order valence-corrected chi connectivity index (χ1v) is 10.1. The van der Waals surface area contributed by atoms with Gasteiger partial charge in [-0.25, -0.2) is 0 Å². The van der Waals surface area contributed by atoms with Crippen LogP contribution in [0.3, 0.4) is 0 Å². The summed E-state index contributed by atoms with van der Waals surface area (Å²) in [6.45, 7) is 4.64. The van der Waals surface area contributed by atoms with Crippen LogP contribution in [0.25, 0.3) is 0 Å². The molecule has 0 spiro atoms. The minimum absolute atomic E-state index is 0.184. The Kier molecular flexibility index (Phi) is 5.76. The lowest BCUT2D eigenvalue weighted by Gasteiger charge is -2.09. The van der Waals surface area contributed by atoms with E-state index in [0.717, 1.165) is 11.1 Å². The van der Waals surface area contributed by atoms with E-state index in [4.69, 9.17) is 0 Å². The van der Waals surface area contributed by atoms with E-state index < -0.39 is 0 Å². The summed E-state index contributed by atoms with van der Waals surface area (Å²) in [4.78, 5) is 25.9. The number of anilines is 1. The van der Waals surface area contributed by atoms with Gasteiger partial charge in [-0.1, -0.05) is 72.3 Å². The molecule has 0 atom stereocenters. The Bertz CT molecular complexity index is 1240. The molecule has 0 radical (unpaired) electrons. The van der Waals surface area contributed by atoms with Gasteiger partial charge in [0.25, 0.3) is 5.91 Å². The summed E-state index contributed by atoms with van der Waals surface area (Å²) >= 11 is 0. The number of nitrogens with one attached hydrogen (secondary N) is 1. The van der Waals surface area contributed by atoms with Gasteiger partial charge in [0.2, 0.25) is 0 Å². The van der Waals surface area contributed by atoms with Gasteiger partial charge in [0.1, 0.15) is 0 Å². The number of hydrogen-bond acceptors (Lipinski definition) is 3. The third kappa shape index (κ3) is 4.61. The number of benzene rings is 3. The van der Waals surface area contributed by atoms with Crippen molar-refractivity contribution in [3.05, 3.63) is 118 Å². The van der Waals surface area contributed by atoms with E-state index in [9.17, 15) is 9.59 Å². The lowest BCUT2D eigenvalue weighted by atomic mass is 9.97. The molecule has 3 aromatic carbocycles. The average molecular weight is 409 g/mol. The number of carbonyl (C=O) groups excluding carboxylic acids is 2. The Labute approximate surface area is 181 Å². The minimum Gasteiger partial charge on any atom is -0.305 e. The fourth-order valence-corrected chi connectivity index (χ4v) is 3.40. The second-order valence-electron chi connectivity index (χ2n) is 7.52. The number of aromatic nitrogens is 2. The van der Waals surface area contributed by atoms with Crippen LogP contribution in [0.4, 0.5) is 5.82 Å². The normalized spacial score (nSPS) is 10.6. The van der Waals surface area contributed by atoms with E-state index in [-0.39, 0.29) is 11.7 Å². The van der Waals surface area contributed by atoms with Crippen LogP contribution < -0.4 is 5.32 Å². The zero-order chi connectivity index (χ0) is 21.8. The second kappa shape index (κ2) is 8.79. The molecule has 154 valence electrons. The van der Waals surface area contributed by atoms with E-state index >= 15 is 0 Å². The van der Waals surface area contributed by atoms with Gasteiger partial charge < -0.3 is 5.32 Å². The Morgan fingerprint density at radius 3 is 2.26 bits per heavy atom. The molecule has 0 aliphatic carbocycles. The second-order valence-corrected chi connectivity index (χ2v) is 7.52. The van der Waals surface area contributed by atoms with Crippen LogP contribution in [0.5, 0.6) is 0 Å². The monoisotopic (exact) mass is 409 g/mol. The number of aryl methyl sites for hydroxylation is 2. The lowest BCUT2D eigenvalue weighted by Crippen LogP contribution is -2.17. The van der Waals surface area contributed by atoms with Gasteiger partial charge in [-0.3, -0.25) is 14.3 Å². The quantitative estimate of drug-likeness (QED) is 0.454.